The number of benzene rings is 2. The summed E-state index contributed by atoms with van der Waals surface area (Å²) in [5, 5.41) is 1.32. The van der Waals surface area contributed by atoms with E-state index in [4.69, 9.17) is 11.6 Å². The van der Waals surface area contributed by atoms with Gasteiger partial charge in [0.1, 0.15) is 5.82 Å². The van der Waals surface area contributed by atoms with Crippen LogP contribution in [0.3, 0.4) is 0 Å². The minimum absolute atomic E-state index is 0.337. The number of nitrogens with zero attached hydrogens (tertiary/aromatic N) is 3. The number of hydrogen-bond donors (Lipinski definition) is 0. The molecule has 0 aliphatic heterocycles. The van der Waals surface area contributed by atoms with Crippen LogP contribution in [0.2, 0.25) is 5.02 Å². The molecule has 5 rings (SSSR count). The highest BCUT2D eigenvalue weighted by Crippen LogP contribution is 2.34. The van der Waals surface area contributed by atoms with E-state index in [-0.39, 0.29) is 5.82 Å². The van der Waals surface area contributed by atoms with Crippen molar-refractivity contribution in [1.29, 1.82) is 0 Å². The second kappa shape index (κ2) is 7.65. The molecule has 0 fully saturated rings. The summed E-state index contributed by atoms with van der Waals surface area (Å²) in [7, 11) is 0. The number of pyridine rings is 3. The van der Waals surface area contributed by atoms with Crippen molar-refractivity contribution >= 4 is 22.6 Å². The van der Waals surface area contributed by atoms with Crippen LogP contribution in [0, 0.1) is 5.82 Å². The monoisotopic (exact) mass is 411 g/mol. The number of hydrogen-bond acceptors (Lipinski definition) is 3. The van der Waals surface area contributed by atoms with E-state index in [0.29, 0.717) is 21.9 Å². The van der Waals surface area contributed by atoms with Gasteiger partial charge in [-0.1, -0.05) is 41.9 Å². The average Bonchev–Trinajstić information content (AvgIpc) is 2.80. The van der Waals surface area contributed by atoms with Gasteiger partial charge in [0.15, 0.2) is 5.65 Å². The molecule has 0 amide bonds. The van der Waals surface area contributed by atoms with Gasteiger partial charge < -0.3 is 0 Å². The largest absolute Gasteiger partial charge is 0.263 e. The van der Waals surface area contributed by atoms with Crippen molar-refractivity contribution in [2.45, 2.75) is 0 Å². The molecule has 0 saturated heterocycles. The lowest BCUT2D eigenvalue weighted by Gasteiger charge is -2.11. The molecule has 0 saturated carbocycles. The van der Waals surface area contributed by atoms with Crippen molar-refractivity contribution in [2.75, 3.05) is 0 Å². The Morgan fingerprint density at radius 1 is 0.733 bits per heavy atom. The van der Waals surface area contributed by atoms with Gasteiger partial charge in [-0.05, 0) is 53.6 Å². The summed E-state index contributed by atoms with van der Waals surface area (Å²) >= 11 is 6.11. The first-order valence-corrected chi connectivity index (χ1v) is 9.79. The van der Waals surface area contributed by atoms with Crippen LogP contribution >= 0.6 is 11.6 Å². The summed E-state index contributed by atoms with van der Waals surface area (Å²) < 4.78 is 14.5. The Labute approximate surface area is 177 Å². The summed E-state index contributed by atoms with van der Waals surface area (Å²) in [6.45, 7) is 0. The van der Waals surface area contributed by atoms with Crippen molar-refractivity contribution in [3.05, 3.63) is 102 Å². The molecular weight excluding hydrogens is 397 g/mol. The summed E-state index contributed by atoms with van der Waals surface area (Å²) in [5.74, 6) is -0.385. The fraction of sp³-hybridized carbons (Fsp3) is 0. The van der Waals surface area contributed by atoms with Crippen LogP contribution < -0.4 is 0 Å². The average molecular weight is 412 g/mol. The molecule has 0 atom stereocenters. The number of fused-ring (bicyclic) bond motifs is 1. The van der Waals surface area contributed by atoms with Gasteiger partial charge in [0.2, 0.25) is 0 Å². The van der Waals surface area contributed by atoms with E-state index in [9.17, 15) is 4.39 Å². The van der Waals surface area contributed by atoms with Gasteiger partial charge in [-0.2, -0.15) is 0 Å². The van der Waals surface area contributed by atoms with Gasteiger partial charge in [-0.15, -0.1) is 0 Å². The van der Waals surface area contributed by atoms with Crippen LogP contribution in [-0.2, 0) is 0 Å². The van der Waals surface area contributed by atoms with E-state index in [1.807, 2.05) is 54.7 Å². The molecule has 2 aromatic carbocycles. The molecule has 144 valence electrons. The maximum Gasteiger partial charge on any atom is 0.160 e. The lowest BCUT2D eigenvalue weighted by atomic mass is 9.98. The maximum absolute atomic E-state index is 14.5. The van der Waals surface area contributed by atoms with Crippen molar-refractivity contribution < 1.29 is 4.39 Å². The van der Waals surface area contributed by atoms with Crippen molar-refractivity contribution in [1.82, 2.24) is 15.0 Å². The molecule has 0 N–H and O–H groups in total. The first kappa shape index (κ1) is 18.4. The van der Waals surface area contributed by atoms with Gasteiger partial charge in [0.05, 0.1) is 5.69 Å². The fourth-order valence-electron chi connectivity index (χ4n) is 3.50. The molecule has 3 nitrogen and oxygen atoms in total. The lowest BCUT2D eigenvalue weighted by molar-refractivity contribution is 0.631. The Morgan fingerprint density at radius 2 is 1.57 bits per heavy atom. The standard InChI is InChI=1S/C25H15ClFN3/c26-19-8-9-23(27)22(12-19)24-13-21(20-7-4-10-29-25(20)30-24)18-11-17(14-28-15-18)16-5-2-1-3-6-16/h1-15H. The number of rotatable bonds is 3. The Kier molecular flexibility index (Phi) is 4.69. The highest BCUT2D eigenvalue weighted by molar-refractivity contribution is 6.30. The van der Waals surface area contributed by atoms with Crippen LogP contribution in [0.25, 0.3) is 44.5 Å². The third-order valence-electron chi connectivity index (χ3n) is 4.94. The number of halogens is 2. The third-order valence-corrected chi connectivity index (χ3v) is 5.18. The molecule has 0 aliphatic carbocycles. The zero-order valence-electron chi connectivity index (χ0n) is 15.8. The zero-order valence-corrected chi connectivity index (χ0v) is 16.5. The van der Waals surface area contributed by atoms with Crippen molar-refractivity contribution in [3.63, 3.8) is 0 Å². The predicted octanol–water partition coefficient (Wildman–Crippen LogP) is 6.82. The highest BCUT2D eigenvalue weighted by atomic mass is 35.5. The molecule has 0 unspecified atom stereocenters. The van der Waals surface area contributed by atoms with E-state index in [1.165, 1.54) is 12.1 Å². The Hall–Kier alpha value is -3.63. The van der Waals surface area contributed by atoms with E-state index >= 15 is 0 Å². The van der Waals surface area contributed by atoms with E-state index in [1.54, 1.807) is 18.5 Å². The normalized spacial score (nSPS) is 11.0. The van der Waals surface area contributed by atoms with Gasteiger partial charge in [-0.3, -0.25) is 4.98 Å². The lowest BCUT2D eigenvalue weighted by Crippen LogP contribution is -1.94. The molecule has 0 bridgehead atoms. The molecule has 5 heteroatoms. The van der Waals surface area contributed by atoms with Crippen molar-refractivity contribution in [2.24, 2.45) is 0 Å². The minimum atomic E-state index is -0.385. The Balaban J connectivity index is 1.74. The minimum Gasteiger partial charge on any atom is -0.263 e. The van der Waals surface area contributed by atoms with Gasteiger partial charge in [0, 0.05) is 45.7 Å². The molecule has 3 aromatic heterocycles. The zero-order chi connectivity index (χ0) is 20.5. The van der Waals surface area contributed by atoms with Gasteiger partial charge >= 0.3 is 0 Å². The Bertz CT molecular complexity index is 1370. The predicted molar refractivity (Wildman–Crippen MR) is 119 cm³/mol. The topological polar surface area (TPSA) is 38.7 Å². The summed E-state index contributed by atoms with van der Waals surface area (Å²) in [6.07, 6.45) is 5.31. The first-order chi connectivity index (χ1) is 14.7. The maximum atomic E-state index is 14.5. The summed E-state index contributed by atoms with van der Waals surface area (Å²) in [6, 6.07) is 22.3. The molecule has 0 aliphatic rings. The number of aromatic nitrogens is 3. The van der Waals surface area contributed by atoms with Crippen LogP contribution in [-0.4, -0.2) is 15.0 Å². The first-order valence-electron chi connectivity index (χ1n) is 9.41. The van der Waals surface area contributed by atoms with Crippen LogP contribution in [0.1, 0.15) is 0 Å². The van der Waals surface area contributed by atoms with Crippen LogP contribution in [0.4, 0.5) is 4.39 Å². The van der Waals surface area contributed by atoms with Crippen LogP contribution in [0.15, 0.2) is 91.4 Å². The van der Waals surface area contributed by atoms with E-state index in [2.05, 4.69) is 21.0 Å². The Morgan fingerprint density at radius 3 is 2.43 bits per heavy atom. The van der Waals surface area contributed by atoms with Gasteiger partial charge in [0.25, 0.3) is 0 Å². The molecule has 0 radical (unpaired) electrons. The quantitative estimate of drug-likeness (QED) is 0.327. The summed E-state index contributed by atoms with van der Waals surface area (Å²) in [4.78, 5) is 13.4. The molecular formula is C25H15ClFN3. The fourth-order valence-corrected chi connectivity index (χ4v) is 3.68. The van der Waals surface area contributed by atoms with E-state index in [0.717, 1.165) is 27.6 Å². The summed E-state index contributed by atoms with van der Waals surface area (Å²) in [5.41, 5.74) is 5.20. The molecule has 5 aromatic rings. The molecule has 3 heterocycles. The third kappa shape index (κ3) is 3.42. The SMILES string of the molecule is Fc1ccc(Cl)cc1-c1cc(-c2cncc(-c3ccccc3)c2)c2cccnc2n1. The molecule has 30 heavy (non-hydrogen) atoms. The smallest absolute Gasteiger partial charge is 0.160 e. The van der Waals surface area contributed by atoms with Crippen molar-refractivity contribution in [3.8, 4) is 33.5 Å². The van der Waals surface area contributed by atoms with Crippen LogP contribution in [0.5, 0.6) is 0 Å². The highest BCUT2D eigenvalue weighted by Gasteiger charge is 2.14. The van der Waals surface area contributed by atoms with Gasteiger partial charge in [-0.25, -0.2) is 14.4 Å². The molecule has 0 spiro atoms. The van der Waals surface area contributed by atoms with E-state index < -0.39 is 0 Å². The second-order valence-corrected chi connectivity index (χ2v) is 7.32. The second-order valence-electron chi connectivity index (χ2n) is 6.88.